The zero-order chi connectivity index (χ0) is 18.6. The van der Waals surface area contributed by atoms with Crippen LogP contribution in [0.4, 0.5) is 0 Å². The number of carbonyl (C=O) groups is 1. The molecule has 0 aliphatic carbocycles. The second-order valence-electron chi connectivity index (χ2n) is 6.24. The fourth-order valence-corrected chi connectivity index (χ4v) is 3.78. The topological polar surface area (TPSA) is 75.7 Å². The molecule has 0 saturated carbocycles. The Bertz CT molecular complexity index is 873. The van der Waals surface area contributed by atoms with Gasteiger partial charge in [-0.2, -0.15) is 0 Å². The van der Waals surface area contributed by atoms with Crippen molar-refractivity contribution in [2.45, 2.75) is 18.4 Å². The predicted octanol–water partition coefficient (Wildman–Crippen LogP) is 1.95. The number of benzene rings is 2. The maximum absolute atomic E-state index is 12.6. The van der Waals surface area contributed by atoms with Crippen LogP contribution in [0.2, 0.25) is 0 Å². The van der Waals surface area contributed by atoms with Crippen LogP contribution in [0.5, 0.6) is 0 Å². The smallest absolute Gasteiger partial charge is 0.254 e. The van der Waals surface area contributed by atoms with Crippen molar-refractivity contribution in [2.75, 3.05) is 26.3 Å². The Hall–Kier alpha value is -2.22. The Kier molecular flexibility index (Phi) is 5.70. The highest BCUT2D eigenvalue weighted by atomic mass is 32.2. The summed E-state index contributed by atoms with van der Waals surface area (Å²) in [6.45, 7) is 4.21. The number of hydrogen-bond acceptors (Lipinski definition) is 4. The molecule has 0 atom stereocenters. The number of nitrogens with one attached hydrogen (secondary N) is 1. The molecular weight excluding hydrogens is 352 g/mol. The lowest BCUT2D eigenvalue weighted by atomic mass is 10.2. The van der Waals surface area contributed by atoms with E-state index in [4.69, 9.17) is 4.74 Å². The molecule has 1 heterocycles. The number of amides is 1. The van der Waals surface area contributed by atoms with E-state index < -0.39 is 10.0 Å². The van der Waals surface area contributed by atoms with Gasteiger partial charge in [0.2, 0.25) is 10.0 Å². The summed E-state index contributed by atoms with van der Waals surface area (Å²) in [5.41, 5.74) is 2.36. The molecule has 0 unspecified atom stereocenters. The van der Waals surface area contributed by atoms with Crippen LogP contribution in [0.25, 0.3) is 0 Å². The third-order valence-electron chi connectivity index (χ3n) is 4.28. The second kappa shape index (κ2) is 7.99. The number of sulfonamides is 1. The molecule has 1 aliphatic heterocycles. The first-order chi connectivity index (χ1) is 12.5. The van der Waals surface area contributed by atoms with Gasteiger partial charge in [-0.05, 0) is 30.7 Å². The Morgan fingerprint density at radius 2 is 1.81 bits per heavy atom. The molecule has 0 bridgehead atoms. The van der Waals surface area contributed by atoms with Gasteiger partial charge in [-0.1, -0.05) is 35.9 Å². The van der Waals surface area contributed by atoms with Gasteiger partial charge in [-0.25, -0.2) is 13.1 Å². The predicted molar refractivity (Wildman–Crippen MR) is 98.4 cm³/mol. The summed E-state index contributed by atoms with van der Waals surface area (Å²) in [5.74, 6) is -0.177. The number of rotatable bonds is 5. The van der Waals surface area contributed by atoms with Crippen LogP contribution < -0.4 is 4.72 Å². The van der Waals surface area contributed by atoms with Crippen LogP contribution in [0.3, 0.4) is 0 Å². The zero-order valence-corrected chi connectivity index (χ0v) is 15.5. The molecule has 2 aromatic rings. The van der Waals surface area contributed by atoms with Gasteiger partial charge in [-0.3, -0.25) is 4.79 Å². The monoisotopic (exact) mass is 374 g/mol. The number of nitrogens with zero attached hydrogens (tertiary/aromatic N) is 1. The third-order valence-corrected chi connectivity index (χ3v) is 5.68. The Balaban J connectivity index is 1.73. The molecule has 0 spiro atoms. The average molecular weight is 374 g/mol. The zero-order valence-electron chi connectivity index (χ0n) is 14.6. The van der Waals surface area contributed by atoms with Crippen LogP contribution in [0.1, 0.15) is 21.5 Å². The van der Waals surface area contributed by atoms with Gasteiger partial charge in [-0.15, -0.1) is 0 Å². The third kappa shape index (κ3) is 4.49. The maximum Gasteiger partial charge on any atom is 0.254 e. The molecule has 1 aliphatic rings. The van der Waals surface area contributed by atoms with E-state index in [9.17, 15) is 13.2 Å². The van der Waals surface area contributed by atoms with E-state index in [1.165, 1.54) is 12.1 Å². The molecule has 1 N–H and O–H groups in total. The van der Waals surface area contributed by atoms with E-state index in [1.54, 1.807) is 17.0 Å². The molecule has 1 fully saturated rings. The summed E-state index contributed by atoms with van der Waals surface area (Å²) in [5, 5.41) is 0. The van der Waals surface area contributed by atoms with Crippen molar-refractivity contribution < 1.29 is 17.9 Å². The molecule has 6 nitrogen and oxygen atoms in total. The molecule has 0 radical (unpaired) electrons. The lowest BCUT2D eigenvalue weighted by molar-refractivity contribution is 0.0302. The van der Waals surface area contributed by atoms with Crippen molar-refractivity contribution in [1.29, 1.82) is 0 Å². The van der Waals surface area contributed by atoms with Crippen LogP contribution in [0.15, 0.2) is 53.4 Å². The minimum Gasteiger partial charge on any atom is -0.378 e. The highest BCUT2D eigenvalue weighted by Gasteiger charge is 2.21. The van der Waals surface area contributed by atoms with Crippen molar-refractivity contribution >= 4 is 15.9 Å². The largest absolute Gasteiger partial charge is 0.378 e. The van der Waals surface area contributed by atoms with Gasteiger partial charge < -0.3 is 9.64 Å². The minimum atomic E-state index is -3.70. The summed E-state index contributed by atoms with van der Waals surface area (Å²) in [6.07, 6.45) is 0. The first-order valence-corrected chi connectivity index (χ1v) is 9.96. The Labute approximate surface area is 153 Å². The van der Waals surface area contributed by atoms with Crippen LogP contribution in [-0.4, -0.2) is 45.5 Å². The summed E-state index contributed by atoms with van der Waals surface area (Å²) in [4.78, 5) is 14.3. The molecule has 7 heteroatoms. The first-order valence-electron chi connectivity index (χ1n) is 8.48. The summed E-state index contributed by atoms with van der Waals surface area (Å²) < 4.78 is 33.0. The van der Waals surface area contributed by atoms with Gasteiger partial charge in [0.05, 0.1) is 18.1 Å². The maximum atomic E-state index is 12.6. The molecule has 3 rings (SSSR count). The number of carbonyl (C=O) groups excluding carboxylic acids is 1. The first kappa shape index (κ1) is 18.6. The lowest BCUT2D eigenvalue weighted by Gasteiger charge is -2.27. The highest BCUT2D eigenvalue weighted by molar-refractivity contribution is 7.89. The summed E-state index contributed by atoms with van der Waals surface area (Å²) in [6, 6.07) is 13.8. The van der Waals surface area contributed by atoms with E-state index in [0.29, 0.717) is 31.9 Å². The summed E-state index contributed by atoms with van der Waals surface area (Å²) >= 11 is 0. The second-order valence-corrected chi connectivity index (χ2v) is 8.01. The van der Waals surface area contributed by atoms with E-state index in [-0.39, 0.29) is 17.3 Å². The van der Waals surface area contributed by atoms with Crippen molar-refractivity contribution in [3.05, 3.63) is 65.2 Å². The molecule has 0 aromatic heterocycles. The molecule has 26 heavy (non-hydrogen) atoms. The van der Waals surface area contributed by atoms with Crippen molar-refractivity contribution in [3.63, 3.8) is 0 Å². The number of aryl methyl sites for hydroxylation is 1. The fraction of sp³-hybridized carbons (Fsp3) is 0.316. The van der Waals surface area contributed by atoms with Gasteiger partial charge in [0.1, 0.15) is 0 Å². The Morgan fingerprint density at radius 1 is 1.12 bits per heavy atom. The van der Waals surface area contributed by atoms with E-state index >= 15 is 0 Å². The van der Waals surface area contributed by atoms with Crippen molar-refractivity contribution in [2.24, 2.45) is 0 Å². The van der Waals surface area contributed by atoms with Crippen LogP contribution in [0, 0.1) is 6.92 Å². The molecule has 138 valence electrons. The summed E-state index contributed by atoms with van der Waals surface area (Å²) in [7, 11) is -3.70. The lowest BCUT2D eigenvalue weighted by Crippen LogP contribution is -2.40. The SMILES string of the molecule is Cc1ccc(CNS(=O)(=O)c2cccc(C(=O)N3CCOCC3)c2)cc1. The Morgan fingerprint density at radius 3 is 2.50 bits per heavy atom. The number of ether oxygens (including phenoxy) is 1. The quantitative estimate of drug-likeness (QED) is 0.868. The fourth-order valence-electron chi connectivity index (χ4n) is 2.71. The average Bonchev–Trinajstić information content (AvgIpc) is 2.68. The van der Waals surface area contributed by atoms with E-state index in [1.807, 2.05) is 31.2 Å². The molecule has 1 amide bonds. The van der Waals surface area contributed by atoms with Gasteiger partial charge in [0, 0.05) is 25.2 Å². The normalized spacial score (nSPS) is 15.0. The molecule has 2 aromatic carbocycles. The van der Waals surface area contributed by atoms with Crippen LogP contribution >= 0.6 is 0 Å². The minimum absolute atomic E-state index is 0.0868. The highest BCUT2D eigenvalue weighted by Crippen LogP contribution is 2.15. The van der Waals surface area contributed by atoms with Gasteiger partial charge >= 0.3 is 0 Å². The van der Waals surface area contributed by atoms with Crippen LogP contribution in [-0.2, 0) is 21.3 Å². The molecular formula is C19H22N2O4S. The van der Waals surface area contributed by atoms with E-state index in [0.717, 1.165) is 11.1 Å². The standard InChI is InChI=1S/C19H22N2O4S/c1-15-5-7-16(8-6-15)14-20-26(23,24)18-4-2-3-17(13-18)19(22)21-9-11-25-12-10-21/h2-8,13,20H,9-12,14H2,1H3. The van der Waals surface area contributed by atoms with Gasteiger partial charge in [0.25, 0.3) is 5.91 Å². The van der Waals surface area contributed by atoms with Gasteiger partial charge in [0.15, 0.2) is 0 Å². The van der Waals surface area contributed by atoms with Crippen molar-refractivity contribution in [3.8, 4) is 0 Å². The van der Waals surface area contributed by atoms with E-state index in [2.05, 4.69) is 4.72 Å². The van der Waals surface area contributed by atoms with Crippen molar-refractivity contribution in [1.82, 2.24) is 9.62 Å². The number of morpholine rings is 1. The number of hydrogen-bond donors (Lipinski definition) is 1. The molecule has 1 saturated heterocycles.